The summed E-state index contributed by atoms with van der Waals surface area (Å²) in [4.78, 5) is 11.6. The normalized spacial score (nSPS) is 13.5. The lowest BCUT2D eigenvalue weighted by molar-refractivity contribution is -0.123. The van der Waals surface area contributed by atoms with Crippen molar-refractivity contribution in [2.24, 2.45) is 5.92 Å². The summed E-state index contributed by atoms with van der Waals surface area (Å²) in [6, 6.07) is 11.4. The average molecular weight is 232 g/mol. The first-order valence-electron chi connectivity index (χ1n) is 5.52. The molecule has 0 radical (unpaired) electrons. The molecule has 0 fully saturated rings. The van der Waals surface area contributed by atoms with E-state index in [1.807, 2.05) is 36.4 Å². The van der Waals surface area contributed by atoms with Gasteiger partial charge in [0.2, 0.25) is 5.91 Å². The summed E-state index contributed by atoms with van der Waals surface area (Å²) in [5.74, 6) is -1.05. The van der Waals surface area contributed by atoms with E-state index in [0.717, 1.165) is 5.56 Å². The summed E-state index contributed by atoms with van der Waals surface area (Å²) in [6.07, 6.45) is -0.210. The molecule has 2 atom stereocenters. The molecular formula is C13H16N2O2. The highest BCUT2D eigenvalue weighted by Crippen LogP contribution is 2.08. The van der Waals surface area contributed by atoms with E-state index in [1.165, 1.54) is 0 Å². The fraction of sp³-hybridized carbons (Fsp3) is 0.385. The van der Waals surface area contributed by atoms with Crippen LogP contribution in [-0.2, 0) is 11.2 Å². The monoisotopic (exact) mass is 232 g/mol. The molecule has 0 aromatic heterocycles. The van der Waals surface area contributed by atoms with Crippen molar-refractivity contribution in [2.45, 2.75) is 19.4 Å². The van der Waals surface area contributed by atoms with Crippen LogP contribution in [0.5, 0.6) is 0 Å². The van der Waals surface area contributed by atoms with Crippen LogP contribution < -0.4 is 5.32 Å². The van der Waals surface area contributed by atoms with E-state index in [2.05, 4.69) is 5.32 Å². The van der Waals surface area contributed by atoms with E-state index >= 15 is 0 Å². The molecule has 1 aromatic rings. The third-order valence-electron chi connectivity index (χ3n) is 2.33. The predicted molar refractivity (Wildman–Crippen MR) is 63.9 cm³/mol. The van der Waals surface area contributed by atoms with Gasteiger partial charge in [0.15, 0.2) is 0 Å². The molecule has 0 saturated heterocycles. The van der Waals surface area contributed by atoms with Crippen molar-refractivity contribution < 1.29 is 9.90 Å². The SMILES string of the molecule is CC(O)CNC(=O)C(C#N)Cc1ccccc1. The van der Waals surface area contributed by atoms with Crippen molar-refractivity contribution in [1.82, 2.24) is 5.32 Å². The highest BCUT2D eigenvalue weighted by Gasteiger charge is 2.18. The lowest BCUT2D eigenvalue weighted by atomic mass is 10.00. The molecule has 2 unspecified atom stereocenters. The minimum absolute atomic E-state index is 0.172. The highest BCUT2D eigenvalue weighted by molar-refractivity contribution is 5.81. The Morgan fingerprint density at radius 3 is 2.65 bits per heavy atom. The number of aliphatic hydroxyl groups is 1. The zero-order valence-electron chi connectivity index (χ0n) is 9.76. The molecule has 1 rings (SSSR count). The van der Waals surface area contributed by atoms with Crippen LogP contribution in [0.4, 0.5) is 0 Å². The van der Waals surface area contributed by atoms with Crippen molar-refractivity contribution in [1.29, 1.82) is 5.26 Å². The van der Waals surface area contributed by atoms with Crippen molar-refractivity contribution >= 4 is 5.91 Å². The molecule has 1 aromatic carbocycles. The van der Waals surface area contributed by atoms with Gasteiger partial charge in [-0.05, 0) is 18.9 Å². The quantitative estimate of drug-likeness (QED) is 0.791. The van der Waals surface area contributed by atoms with E-state index in [9.17, 15) is 4.79 Å². The smallest absolute Gasteiger partial charge is 0.237 e. The second-order valence-electron chi connectivity index (χ2n) is 3.97. The molecule has 4 heteroatoms. The summed E-state index contributed by atoms with van der Waals surface area (Å²) >= 11 is 0. The van der Waals surface area contributed by atoms with Crippen molar-refractivity contribution in [3.63, 3.8) is 0 Å². The zero-order valence-corrected chi connectivity index (χ0v) is 9.76. The molecule has 17 heavy (non-hydrogen) atoms. The van der Waals surface area contributed by atoms with Gasteiger partial charge in [-0.1, -0.05) is 30.3 Å². The number of carbonyl (C=O) groups excluding carboxylic acids is 1. The molecule has 0 saturated carbocycles. The molecule has 0 heterocycles. The zero-order chi connectivity index (χ0) is 12.7. The fourth-order valence-electron chi connectivity index (χ4n) is 1.42. The van der Waals surface area contributed by atoms with E-state index in [0.29, 0.717) is 6.42 Å². The van der Waals surface area contributed by atoms with Gasteiger partial charge in [-0.25, -0.2) is 0 Å². The predicted octanol–water partition coefficient (Wildman–Crippen LogP) is 0.866. The van der Waals surface area contributed by atoms with E-state index < -0.39 is 12.0 Å². The van der Waals surface area contributed by atoms with Crippen LogP contribution in [0.2, 0.25) is 0 Å². The van der Waals surface area contributed by atoms with Gasteiger partial charge in [-0.3, -0.25) is 4.79 Å². The van der Waals surface area contributed by atoms with E-state index in [-0.39, 0.29) is 12.5 Å². The van der Waals surface area contributed by atoms with Gasteiger partial charge in [0.1, 0.15) is 5.92 Å². The summed E-state index contributed by atoms with van der Waals surface area (Å²) in [7, 11) is 0. The van der Waals surface area contributed by atoms with Gasteiger partial charge in [0.05, 0.1) is 12.2 Å². The number of rotatable bonds is 5. The second kappa shape index (κ2) is 6.66. The van der Waals surface area contributed by atoms with Crippen LogP contribution >= 0.6 is 0 Å². The van der Waals surface area contributed by atoms with Gasteiger partial charge < -0.3 is 10.4 Å². The topological polar surface area (TPSA) is 73.1 Å². The largest absolute Gasteiger partial charge is 0.392 e. The molecule has 0 bridgehead atoms. The maximum absolute atomic E-state index is 11.6. The molecule has 0 spiro atoms. The Labute approximate surface area is 101 Å². The summed E-state index contributed by atoms with van der Waals surface area (Å²) in [5.41, 5.74) is 0.950. The lowest BCUT2D eigenvalue weighted by Gasteiger charge is -2.11. The Morgan fingerprint density at radius 2 is 2.12 bits per heavy atom. The summed E-state index contributed by atoms with van der Waals surface area (Å²) in [5, 5.41) is 20.5. The first kappa shape index (κ1) is 13.2. The molecule has 4 nitrogen and oxygen atoms in total. The number of hydrogen-bond acceptors (Lipinski definition) is 3. The van der Waals surface area contributed by atoms with Crippen molar-refractivity contribution in [3.8, 4) is 6.07 Å². The van der Waals surface area contributed by atoms with Crippen LogP contribution in [0.25, 0.3) is 0 Å². The van der Waals surface area contributed by atoms with Gasteiger partial charge in [-0.15, -0.1) is 0 Å². The summed E-state index contributed by atoms with van der Waals surface area (Å²) < 4.78 is 0. The maximum atomic E-state index is 11.6. The minimum Gasteiger partial charge on any atom is -0.392 e. The number of aliphatic hydroxyl groups excluding tert-OH is 1. The molecular weight excluding hydrogens is 216 g/mol. The number of carbonyl (C=O) groups is 1. The standard InChI is InChI=1S/C13H16N2O2/c1-10(16)9-15-13(17)12(8-14)7-11-5-3-2-4-6-11/h2-6,10,12,16H,7,9H2,1H3,(H,15,17). The average Bonchev–Trinajstić information content (AvgIpc) is 2.34. The highest BCUT2D eigenvalue weighted by atomic mass is 16.3. The van der Waals surface area contributed by atoms with E-state index in [1.54, 1.807) is 6.92 Å². The number of amides is 1. The van der Waals surface area contributed by atoms with Crippen molar-refractivity contribution in [2.75, 3.05) is 6.54 Å². The van der Waals surface area contributed by atoms with Crippen LogP contribution in [0.15, 0.2) is 30.3 Å². The Bertz CT molecular complexity index is 396. The summed E-state index contributed by atoms with van der Waals surface area (Å²) in [6.45, 7) is 1.75. The van der Waals surface area contributed by atoms with Gasteiger partial charge >= 0.3 is 0 Å². The number of hydrogen-bond donors (Lipinski definition) is 2. The Hall–Kier alpha value is -1.86. The van der Waals surface area contributed by atoms with Crippen LogP contribution in [-0.4, -0.2) is 23.7 Å². The molecule has 0 aliphatic carbocycles. The molecule has 90 valence electrons. The number of nitrogens with zero attached hydrogens (tertiary/aromatic N) is 1. The first-order chi connectivity index (χ1) is 8.13. The maximum Gasteiger partial charge on any atom is 0.237 e. The fourth-order valence-corrected chi connectivity index (χ4v) is 1.42. The molecule has 0 aliphatic rings. The third kappa shape index (κ3) is 4.66. The first-order valence-corrected chi connectivity index (χ1v) is 5.52. The minimum atomic E-state index is -0.712. The Kier molecular flexibility index (Phi) is 5.18. The third-order valence-corrected chi connectivity index (χ3v) is 2.33. The van der Waals surface area contributed by atoms with Crippen LogP contribution in [0.1, 0.15) is 12.5 Å². The van der Waals surface area contributed by atoms with Crippen LogP contribution in [0, 0.1) is 17.2 Å². The number of nitriles is 1. The molecule has 0 aliphatic heterocycles. The van der Waals surface area contributed by atoms with Crippen molar-refractivity contribution in [3.05, 3.63) is 35.9 Å². The molecule has 2 N–H and O–H groups in total. The number of benzene rings is 1. The van der Waals surface area contributed by atoms with Gasteiger partial charge in [0.25, 0.3) is 0 Å². The number of nitrogens with one attached hydrogen (secondary N) is 1. The van der Waals surface area contributed by atoms with Gasteiger partial charge in [-0.2, -0.15) is 5.26 Å². The second-order valence-corrected chi connectivity index (χ2v) is 3.97. The van der Waals surface area contributed by atoms with Gasteiger partial charge in [0, 0.05) is 6.54 Å². The molecule has 1 amide bonds. The van der Waals surface area contributed by atoms with Crippen LogP contribution in [0.3, 0.4) is 0 Å². The lowest BCUT2D eigenvalue weighted by Crippen LogP contribution is -2.35. The van der Waals surface area contributed by atoms with E-state index in [4.69, 9.17) is 10.4 Å². The Balaban J connectivity index is 2.55. The Morgan fingerprint density at radius 1 is 1.47 bits per heavy atom.